The summed E-state index contributed by atoms with van der Waals surface area (Å²) in [5.41, 5.74) is 0. The molecule has 0 rings (SSSR count). The molecule has 0 aromatic rings. The van der Waals surface area contributed by atoms with Gasteiger partial charge >= 0.3 is 0 Å². The van der Waals surface area contributed by atoms with Gasteiger partial charge in [-0.05, 0) is 77.3 Å². The summed E-state index contributed by atoms with van der Waals surface area (Å²) in [7, 11) is 0. The Labute approximate surface area is 265 Å². The van der Waals surface area contributed by atoms with Crippen LogP contribution in [0.4, 0.5) is 0 Å². The Morgan fingerprint density at radius 1 is 0.452 bits per heavy atom. The van der Waals surface area contributed by atoms with Gasteiger partial charge in [0.25, 0.3) is 0 Å². The number of nitrogens with zero attached hydrogens (tertiary/aromatic N) is 1. The van der Waals surface area contributed by atoms with Gasteiger partial charge in [0.15, 0.2) is 0 Å². The zero-order chi connectivity index (χ0) is 30.6. The lowest BCUT2D eigenvalue weighted by Gasteiger charge is -2.25. The van der Waals surface area contributed by atoms with Crippen molar-refractivity contribution < 1.29 is 9.47 Å². The number of likely N-dealkylation sites (N-methyl/N-ethyl adjacent to an activating group) is 1. The molecule has 0 amide bonds. The van der Waals surface area contributed by atoms with E-state index in [0.29, 0.717) is 0 Å². The molecule has 0 aromatic heterocycles. The van der Waals surface area contributed by atoms with Crippen molar-refractivity contribution in [3.63, 3.8) is 0 Å². The predicted octanol–water partition coefficient (Wildman–Crippen LogP) is 12.2. The minimum absolute atomic E-state index is 0.207. The highest BCUT2D eigenvalue weighted by Crippen LogP contribution is 2.11. The van der Waals surface area contributed by atoms with Crippen LogP contribution in [-0.4, -0.2) is 50.5 Å². The van der Waals surface area contributed by atoms with E-state index >= 15 is 0 Å². The first-order valence-electron chi connectivity index (χ1n) is 19.0. The fourth-order valence-electron chi connectivity index (χ4n) is 5.48. The molecule has 0 radical (unpaired) electrons. The van der Waals surface area contributed by atoms with Crippen molar-refractivity contribution >= 4 is 0 Å². The molecule has 42 heavy (non-hydrogen) atoms. The summed E-state index contributed by atoms with van der Waals surface area (Å²) in [6.07, 6.45) is 41.7. The summed E-state index contributed by atoms with van der Waals surface area (Å²) in [6.45, 7) is 14.7. The van der Waals surface area contributed by atoms with Gasteiger partial charge in [-0.1, -0.05) is 142 Å². The second-order valence-corrected chi connectivity index (χ2v) is 12.5. The summed E-state index contributed by atoms with van der Waals surface area (Å²) in [4.78, 5) is 2.47. The van der Waals surface area contributed by atoms with Crippen molar-refractivity contribution in [2.24, 2.45) is 0 Å². The quantitative estimate of drug-likeness (QED) is 0.0540. The van der Waals surface area contributed by atoms with Crippen molar-refractivity contribution in [2.45, 2.75) is 188 Å². The molecule has 0 heterocycles. The van der Waals surface area contributed by atoms with Gasteiger partial charge in [0, 0.05) is 19.8 Å². The molecule has 0 aliphatic rings. The smallest absolute Gasteiger partial charge is 0.0934 e. The number of rotatable bonds is 35. The minimum Gasteiger partial charge on any atom is -0.379 e. The Hall–Kier alpha value is -0.640. The number of allylic oxidation sites excluding steroid dienone is 4. The molecule has 1 unspecified atom stereocenters. The second kappa shape index (κ2) is 36.6. The van der Waals surface area contributed by atoms with E-state index in [1.165, 1.54) is 154 Å². The first-order valence-corrected chi connectivity index (χ1v) is 19.0. The highest BCUT2D eigenvalue weighted by atomic mass is 16.5. The molecule has 3 nitrogen and oxygen atoms in total. The Morgan fingerprint density at radius 3 is 1.26 bits per heavy atom. The molecule has 250 valence electrons. The van der Waals surface area contributed by atoms with Gasteiger partial charge < -0.3 is 14.4 Å². The van der Waals surface area contributed by atoms with Crippen LogP contribution < -0.4 is 0 Å². The van der Waals surface area contributed by atoms with Gasteiger partial charge in [0.05, 0.1) is 12.7 Å². The normalized spacial score (nSPS) is 12.9. The van der Waals surface area contributed by atoms with E-state index in [-0.39, 0.29) is 6.10 Å². The molecule has 0 fully saturated rings. The van der Waals surface area contributed by atoms with Crippen molar-refractivity contribution in [3.8, 4) is 0 Å². The molecule has 0 spiro atoms. The molecule has 0 N–H and O–H groups in total. The van der Waals surface area contributed by atoms with Crippen LogP contribution in [0.5, 0.6) is 0 Å². The van der Waals surface area contributed by atoms with E-state index in [1.807, 2.05) is 0 Å². The molecule has 0 saturated carbocycles. The predicted molar refractivity (Wildman–Crippen MR) is 189 cm³/mol. The van der Waals surface area contributed by atoms with E-state index in [9.17, 15) is 0 Å². The summed E-state index contributed by atoms with van der Waals surface area (Å²) in [5.74, 6) is 0. The molecule has 0 saturated heterocycles. The number of hydrogen-bond donors (Lipinski definition) is 0. The van der Waals surface area contributed by atoms with Crippen molar-refractivity contribution in [3.05, 3.63) is 24.3 Å². The maximum absolute atomic E-state index is 6.33. The first kappa shape index (κ1) is 41.4. The molecule has 0 bridgehead atoms. The Bertz CT molecular complexity index is 543. The second-order valence-electron chi connectivity index (χ2n) is 12.5. The van der Waals surface area contributed by atoms with Crippen molar-refractivity contribution in [1.82, 2.24) is 4.90 Å². The molecule has 0 aromatic carbocycles. The van der Waals surface area contributed by atoms with Gasteiger partial charge in [0.1, 0.15) is 0 Å². The number of unbranched alkanes of at least 4 members (excludes halogenated alkanes) is 20. The van der Waals surface area contributed by atoms with Crippen LogP contribution in [0.3, 0.4) is 0 Å². The summed E-state index contributed by atoms with van der Waals surface area (Å²) < 4.78 is 12.4. The molecule has 0 aliphatic heterocycles. The SMILES string of the molecule is CCCCCC/C=C\CCCCCCCCOCC(CN(CC)CC)OCCCCCCCC/C=C\CCCCCC. The molecular weight excluding hydrogens is 514 g/mol. The van der Waals surface area contributed by atoms with Gasteiger partial charge in [-0.2, -0.15) is 0 Å². The summed E-state index contributed by atoms with van der Waals surface area (Å²) in [5, 5.41) is 0. The van der Waals surface area contributed by atoms with Crippen LogP contribution in [0.2, 0.25) is 0 Å². The van der Waals surface area contributed by atoms with Crippen LogP contribution in [0.15, 0.2) is 24.3 Å². The highest BCUT2D eigenvalue weighted by Gasteiger charge is 2.13. The number of hydrogen-bond acceptors (Lipinski definition) is 3. The van der Waals surface area contributed by atoms with Crippen molar-refractivity contribution in [1.29, 1.82) is 0 Å². The topological polar surface area (TPSA) is 21.7 Å². The molecule has 3 heteroatoms. The van der Waals surface area contributed by atoms with Crippen LogP contribution in [0, 0.1) is 0 Å². The summed E-state index contributed by atoms with van der Waals surface area (Å²) in [6, 6.07) is 0. The standard InChI is InChI=1S/C39H77NO2/c1-5-9-11-13-15-17-19-21-23-25-27-29-31-33-35-41-38-39(37-40(7-3)8-4)42-36-34-32-30-28-26-24-22-20-18-16-14-12-10-6-2/h17-20,39H,5-16,21-38H2,1-4H3/b19-17-,20-18-. The van der Waals surface area contributed by atoms with E-state index in [1.54, 1.807) is 0 Å². The van der Waals surface area contributed by atoms with E-state index in [2.05, 4.69) is 56.9 Å². The highest BCUT2D eigenvalue weighted by molar-refractivity contribution is 4.82. The lowest BCUT2D eigenvalue weighted by atomic mass is 10.1. The molecular formula is C39H77NO2. The maximum atomic E-state index is 6.33. The van der Waals surface area contributed by atoms with Crippen molar-refractivity contribution in [2.75, 3.05) is 39.5 Å². The third-order valence-corrected chi connectivity index (χ3v) is 8.47. The third kappa shape index (κ3) is 32.3. The van der Waals surface area contributed by atoms with Gasteiger partial charge in [-0.25, -0.2) is 0 Å². The van der Waals surface area contributed by atoms with E-state index in [0.717, 1.165) is 39.5 Å². The zero-order valence-corrected chi connectivity index (χ0v) is 29.4. The number of ether oxygens (including phenoxy) is 2. The first-order chi connectivity index (χ1) is 20.8. The Balaban J connectivity index is 3.74. The monoisotopic (exact) mass is 592 g/mol. The lowest BCUT2D eigenvalue weighted by molar-refractivity contribution is -0.0332. The average molecular weight is 592 g/mol. The van der Waals surface area contributed by atoms with Crippen LogP contribution in [0.25, 0.3) is 0 Å². The van der Waals surface area contributed by atoms with Crippen LogP contribution in [-0.2, 0) is 9.47 Å². The van der Waals surface area contributed by atoms with Gasteiger partial charge in [0.2, 0.25) is 0 Å². The Morgan fingerprint density at radius 2 is 0.833 bits per heavy atom. The summed E-state index contributed by atoms with van der Waals surface area (Å²) >= 11 is 0. The zero-order valence-electron chi connectivity index (χ0n) is 29.4. The fraction of sp³-hybridized carbons (Fsp3) is 0.897. The molecule has 1 atom stereocenters. The maximum Gasteiger partial charge on any atom is 0.0934 e. The third-order valence-electron chi connectivity index (χ3n) is 8.47. The average Bonchev–Trinajstić information content (AvgIpc) is 3.01. The largest absolute Gasteiger partial charge is 0.379 e. The van der Waals surface area contributed by atoms with Gasteiger partial charge in [-0.3, -0.25) is 0 Å². The fourth-order valence-corrected chi connectivity index (χ4v) is 5.48. The molecule has 0 aliphatic carbocycles. The van der Waals surface area contributed by atoms with E-state index < -0.39 is 0 Å². The lowest BCUT2D eigenvalue weighted by Crippen LogP contribution is -2.36. The van der Waals surface area contributed by atoms with E-state index in [4.69, 9.17) is 9.47 Å². The van der Waals surface area contributed by atoms with Crippen LogP contribution in [0.1, 0.15) is 182 Å². The van der Waals surface area contributed by atoms with Gasteiger partial charge in [-0.15, -0.1) is 0 Å². The van der Waals surface area contributed by atoms with Crippen LogP contribution >= 0.6 is 0 Å². The minimum atomic E-state index is 0.207. The Kier molecular flexibility index (Phi) is 36.0.